The molecule has 0 amide bonds. The minimum atomic E-state index is -0.137. The molecule has 0 spiro atoms. The predicted molar refractivity (Wildman–Crippen MR) is 119 cm³/mol. The van der Waals surface area contributed by atoms with E-state index in [0.29, 0.717) is 12.2 Å². The molecule has 0 fully saturated rings. The molecular weight excluding hydrogens is 376 g/mol. The maximum Gasteiger partial charge on any atom is 0.185 e. The van der Waals surface area contributed by atoms with Crippen LogP contribution in [0, 0.1) is 0 Å². The second kappa shape index (κ2) is 10.1. The van der Waals surface area contributed by atoms with Gasteiger partial charge in [0.1, 0.15) is 23.9 Å². The second-order valence-corrected chi connectivity index (χ2v) is 6.70. The Morgan fingerprint density at radius 2 is 1.77 bits per heavy atom. The van der Waals surface area contributed by atoms with E-state index >= 15 is 0 Å². The van der Waals surface area contributed by atoms with Gasteiger partial charge in [-0.15, -0.1) is 6.58 Å². The molecule has 0 bridgehead atoms. The summed E-state index contributed by atoms with van der Waals surface area (Å²) in [6, 6.07) is 19.7. The van der Waals surface area contributed by atoms with Gasteiger partial charge in [0, 0.05) is 11.1 Å². The van der Waals surface area contributed by atoms with Crippen LogP contribution in [0.1, 0.15) is 27.0 Å². The molecule has 1 N–H and O–H groups in total. The molecule has 4 nitrogen and oxygen atoms in total. The fourth-order valence-electron chi connectivity index (χ4n) is 3.03. The fourth-order valence-corrected chi connectivity index (χ4v) is 3.03. The Hall–Kier alpha value is -3.79. The molecule has 4 heteroatoms. The van der Waals surface area contributed by atoms with Crippen LogP contribution in [0.2, 0.25) is 0 Å². The first kappa shape index (κ1) is 20.9. The highest BCUT2D eigenvalue weighted by molar-refractivity contribution is 6.06. The van der Waals surface area contributed by atoms with Gasteiger partial charge in [-0.3, -0.25) is 4.79 Å². The monoisotopic (exact) mass is 400 g/mol. The van der Waals surface area contributed by atoms with E-state index in [0.717, 1.165) is 34.6 Å². The first-order valence-corrected chi connectivity index (χ1v) is 9.60. The minimum absolute atomic E-state index is 0.130. The normalized spacial score (nSPS) is 10.7. The second-order valence-electron chi connectivity index (χ2n) is 6.70. The molecular formula is C26H24O4. The van der Waals surface area contributed by atoms with Gasteiger partial charge >= 0.3 is 0 Å². The summed E-state index contributed by atoms with van der Waals surface area (Å²) in [4.78, 5) is 12.3. The molecule has 0 aliphatic heterocycles. The smallest absolute Gasteiger partial charge is 0.185 e. The zero-order valence-electron chi connectivity index (χ0n) is 16.9. The number of allylic oxidation sites excluding steroid dienone is 2. The molecule has 0 aromatic heterocycles. The summed E-state index contributed by atoms with van der Waals surface area (Å²) in [5.41, 5.74) is 3.33. The van der Waals surface area contributed by atoms with Gasteiger partial charge in [-0.2, -0.15) is 0 Å². The maximum atomic E-state index is 12.3. The molecule has 0 unspecified atom stereocenters. The summed E-state index contributed by atoms with van der Waals surface area (Å²) in [5, 5.41) is 9.35. The van der Waals surface area contributed by atoms with Crippen molar-refractivity contribution in [1.29, 1.82) is 0 Å². The van der Waals surface area contributed by atoms with Gasteiger partial charge in [-0.05, 0) is 66.1 Å². The third-order valence-electron chi connectivity index (χ3n) is 4.60. The zero-order chi connectivity index (χ0) is 21.3. The highest BCUT2D eigenvalue weighted by Gasteiger charge is 2.08. The molecule has 0 saturated heterocycles. The lowest BCUT2D eigenvalue weighted by atomic mass is 10.1. The number of hydrogen-bond acceptors (Lipinski definition) is 4. The molecule has 0 atom stereocenters. The molecule has 0 radical (unpaired) electrons. The molecule has 0 heterocycles. The van der Waals surface area contributed by atoms with Crippen molar-refractivity contribution < 1.29 is 19.4 Å². The summed E-state index contributed by atoms with van der Waals surface area (Å²) < 4.78 is 11.5. The minimum Gasteiger partial charge on any atom is -0.508 e. The SMILES string of the molecule is C=CCc1ccccc1OCc1cc(/C=C/C(=O)c2ccc(O)cc2)ccc1OC. The first-order valence-electron chi connectivity index (χ1n) is 9.60. The van der Waals surface area contributed by atoms with E-state index in [-0.39, 0.29) is 11.5 Å². The van der Waals surface area contributed by atoms with Crippen LogP contribution < -0.4 is 9.47 Å². The van der Waals surface area contributed by atoms with Crippen LogP contribution in [0.5, 0.6) is 17.2 Å². The largest absolute Gasteiger partial charge is 0.508 e. The number of carbonyl (C=O) groups is 1. The number of methoxy groups -OCH3 is 1. The first-order chi connectivity index (χ1) is 14.6. The summed E-state index contributed by atoms with van der Waals surface area (Å²) in [5.74, 6) is 1.52. The molecule has 3 aromatic carbocycles. The van der Waals surface area contributed by atoms with Crippen molar-refractivity contribution in [1.82, 2.24) is 0 Å². The Balaban J connectivity index is 1.76. The average molecular weight is 400 g/mol. The van der Waals surface area contributed by atoms with Crippen molar-refractivity contribution in [3.63, 3.8) is 0 Å². The van der Waals surface area contributed by atoms with E-state index in [1.165, 1.54) is 18.2 Å². The van der Waals surface area contributed by atoms with Crippen molar-refractivity contribution in [2.24, 2.45) is 0 Å². The highest BCUT2D eigenvalue weighted by atomic mass is 16.5. The number of benzene rings is 3. The van der Waals surface area contributed by atoms with E-state index < -0.39 is 0 Å². The molecule has 152 valence electrons. The summed E-state index contributed by atoms with van der Waals surface area (Å²) in [6.07, 6.45) is 5.84. The van der Waals surface area contributed by atoms with Crippen molar-refractivity contribution >= 4 is 11.9 Å². The van der Waals surface area contributed by atoms with Crippen molar-refractivity contribution in [3.8, 4) is 17.2 Å². The lowest BCUT2D eigenvalue weighted by Gasteiger charge is -2.13. The van der Waals surface area contributed by atoms with Gasteiger partial charge in [0.25, 0.3) is 0 Å². The zero-order valence-corrected chi connectivity index (χ0v) is 16.9. The summed E-state index contributed by atoms with van der Waals surface area (Å²) >= 11 is 0. The van der Waals surface area contributed by atoms with Crippen molar-refractivity contribution in [2.45, 2.75) is 13.0 Å². The van der Waals surface area contributed by atoms with Gasteiger partial charge in [-0.1, -0.05) is 36.4 Å². The number of aromatic hydroxyl groups is 1. The number of carbonyl (C=O) groups excluding carboxylic acids is 1. The number of phenolic OH excluding ortho intramolecular Hbond substituents is 1. The van der Waals surface area contributed by atoms with E-state index in [9.17, 15) is 9.90 Å². The Labute approximate surface area is 176 Å². The average Bonchev–Trinajstić information content (AvgIpc) is 2.77. The van der Waals surface area contributed by atoms with Crippen LogP contribution in [-0.4, -0.2) is 18.0 Å². The van der Waals surface area contributed by atoms with Crippen molar-refractivity contribution in [3.05, 3.63) is 108 Å². The molecule has 0 aliphatic carbocycles. The van der Waals surface area contributed by atoms with E-state index in [4.69, 9.17) is 9.47 Å². The number of para-hydroxylation sites is 1. The van der Waals surface area contributed by atoms with Crippen LogP contribution >= 0.6 is 0 Å². The van der Waals surface area contributed by atoms with Gasteiger partial charge in [0.15, 0.2) is 5.78 Å². The Morgan fingerprint density at radius 3 is 2.50 bits per heavy atom. The van der Waals surface area contributed by atoms with E-state index in [2.05, 4.69) is 6.58 Å². The van der Waals surface area contributed by atoms with Gasteiger partial charge in [0.05, 0.1) is 7.11 Å². The van der Waals surface area contributed by atoms with Gasteiger partial charge < -0.3 is 14.6 Å². The lowest BCUT2D eigenvalue weighted by Crippen LogP contribution is -2.01. The Bertz CT molecular complexity index is 1050. The number of rotatable bonds is 9. The summed E-state index contributed by atoms with van der Waals surface area (Å²) in [6.45, 7) is 4.13. The number of phenols is 1. The third-order valence-corrected chi connectivity index (χ3v) is 4.60. The number of hydrogen-bond donors (Lipinski definition) is 1. The molecule has 3 aromatic rings. The number of ether oxygens (including phenoxy) is 2. The van der Waals surface area contributed by atoms with Crippen LogP contribution in [0.3, 0.4) is 0 Å². The van der Waals surface area contributed by atoms with Crippen LogP contribution in [0.25, 0.3) is 6.08 Å². The van der Waals surface area contributed by atoms with Gasteiger partial charge in [0.2, 0.25) is 0 Å². The molecule has 0 aliphatic rings. The lowest BCUT2D eigenvalue weighted by molar-refractivity contribution is 0.104. The quantitative estimate of drug-likeness (QED) is 0.288. The maximum absolute atomic E-state index is 12.3. The number of ketones is 1. The highest BCUT2D eigenvalue weighted by Crippen LogP contribution is 2.25. The predicted octanol–water partition coefficient (Wildman–Crippen LogP) is 5.60. The van der Waals surface area contributed by atoms with Gasteiger partial charge in [-0.25, -0.2) is 0 Å². The molecule has 0 saturated carbocycles. The van der Waals surface area contributed by atoms with Crippen LogP contribution in [0.15, 0.2) is 85.5 Å². The topological polar surface area (TPSA) is 55.8 Å². The molecule has 3 rings (SSSR count). The third kappa shape index (κ3) is 5.39. The molecule has 30 heavy (non-hydrogen) atoms. The van der Waals surface area contributed by atoms with Crippen LogP contribution in [-0.2, 0) is 13.0 Å². The Morgan fingerprint density at radius 1 is 1.00 bits per heavy atom. The Kier molecular flexibility index (Phi) is 7.06. The fraction of sp³-hybridized carbons (Fsp3) is 0.115. The van der Waals surface area contributed by atoms with Crippen LogP contribution in [0.4, 0.5) is 0 Å². The van der Waals surface area contributed by atoms with Crippen molar-refractivity contribution in [2.75, 3.05) is 7.11 Å². The standard InChI is InChI=1S/C26H24O4/c1-3-6-21-7-4-5-8-26(21)30-18-22-17-19(10-16-25(22)29-2)9-15-24(28)20-11-13-23(27)14-12-20/h3-5,7-17,27H,1,6,18H2,2H3/b15-9+. The van der Waals surface area contributed by atoms with E-state index in [1.807, 2.05) is 48.5 Å². The van der Waals surface area contributed by atoms with E-state index in [1.54, 1.807) is 25.3 Å². The summed E-state index contributed by atoms with van der Waals surface area (Å²) in [7, 11) is 1.62.